The van der Waals surface area contributed by atoms with E-state index in [2.05, 4.69) is 5.32 Å². The second kappa shape index (κ2) is 8.95. The van der Waals surface area contributed by atoms with Crippen LogP contribution in [0, 0.1) is 17.0 Å². The van der Waals surface area contributed by atoms with E-state index in [-0.39, 0.29) is 11.3 Å². The van der Waals surface area contributed by atoms with Crippen LogP contribution >= 0.6 is 0 Å². The molecule has 9 nitrogen and oxygen atoms in total. The van der Waals surface area contributed by atoms with E-state index in [9.17, 15) is 24.5 Å². The quantitative estimate of drug-likeness (QED) is 0.194. The Hall–Kier alpha value is -5.05. The standard InChI is InChI=1S/C27H20N4O5/c1-17-6-10-20(11-7-17)30-26(33)23(25(32)28-27(30)34)14-19-16-29(24-5-3-2-4-22(19)24)15-18-8-12-21(13-9-18)31(35)36/h2-14,16H,15H2,1H3,(H,28,32,34)/b23-14+. The number of carbonyl (C=O) groups is 3. The predicted octanol–water partition coefficient (Wildman–Crippen LogP) is 4.57. The van der Waals surface area contributed by atoms with Crippen LogP contribution in [0.2, 0.25) is 0 Å². The summed E-state index contributed by atoms with van der Waals surface area (Å²) in [6.45, 7) is 2.32. The Balaban J connectivity index is 1.53. The van der Waals surface area contributed by atoms with Crippen molar-refractivity contribution in [1.82, 2.24) is 9.88 Å². The summed E-state index contributed by atoms with van der Waals surface area (Å²) in [4.78, 5) is 49.9. The minimum atomic E-state index is -0.799. The van der Waals surface area contributed by atoms with E-state index in [1.54, 1.807) is 36.4 Å². The van der Waals surface area contributed by atoms with Gasteiger partial charge >= 0.3 is 6.03 Å². The number of fused-ring (bicyclic) bond motifs is 1. The minimum Gasteiger partial charge on any atom is -0.342 e. The van der Waals surface area contributed by atoms with Gasteiger partial charge in [0.25, 0.3) is 17.5 Å². The number of hydrogen-bond acceptors (Lipinski definition) is 5. The second-order valence-corrected chi connectivity index (χ2v) is 8.45. The first kappa shape index (κ1) is 22.7. The number of anilines is 1. The molecule has 1 aliphatic heterocycles. The first-order valence-corrected chi connectivity index (χ1v) is 11.1. The Morgan fingerprint density at radius 2 is 1.64 bits per heavy atom. The number of urea groups is 1. The van der Waals surface area contributed by atoms with Crippen LogP contribution in [0.5, 0.6) is 0 Å². The molecule has 0 atom stereocenters. The van der Waals surface area contributed by atoms with Gasteiger partial charge in [0.05, 0.1) is 10.6 Å². The number of imide groups is 2. The molecular formula is C27H20N4O5. The Labute approximate surface area is 205 Å². The van der Waals surface area contributed by atoms with Gasteiger partial charge in [-0.15, -0.1) is 0 Å². The van der Waals surface area contributed by atoms with E-state index in [1.165, 1.54) is 18.2 Å². The fraction of sp³-hybridized carbons (Fsp3) is 0.0741. The Morgan fingerprint density at radius 3 is 2.33 bits per heavy atom. The van der Waals surface area contributed by atoms with Crippen molar-refractivity contribution in [3.63, 3.8) is 0 Å². The third-order valence-electron chi connectivity index (χ3n) is 6.01. The van der Waals surface area contributed by atoms with E-state index >= 15 is 0 Å². The van der Waals surface area contributed by atoms with Gasteiger partial charge in [-0.25, -0.2) is 9.69 Å². The highest BCUT2D eigenvalue weighted by Crippen LogP contribution is 2.27. The summed E-state index contributed by atoms with van der Waals surface area (Å²) in [6, 6.07) is 19.9. The van der Waals surface area contributed by atoms with Crippen molar-refractivity contribution >= 4 is 46.2 Å². The molecule has 1 aromatic heterocycles. The molecule has 2 heterocycles. The fourth-order valence-corrected chi connectivity index (χ4v) is 4.18. The van der Waals surface area contributed by atoms with Crippen molar-refractivity contribution in [2.45, 2.75) is 13.5 Å². The van der Waals surface area contributed by atoms with Crippen LogP contribution in [0.3, 0.4) is 0 Å². The topological polar surface area (TPSA) is 115 Å². The number of rotatable bonds is 5. The normalized spacial score (nSPS) is 15.0. The Kier molecular flexibility index (Phi) is 5.65. The van der Waals surface area contributed by atoms with E-state index in [0.29, 0.717) is 17.8 Å². The summed E-state index contributed by atoms with van der Waals surface area (Å²) < 4.78 is 1.94. The van der Waals surface area contributed by atoms with Crippen molar-refractivity contribution in [1.29, 1.82) is 0 Å². The maximum Gasteiger partial charge on any atom is 0.335 e. The second-order valence-electron chi connectivity index (χ2n) is 8.45. The molecule has 178 valence electrons. The molecule has 0 bridgehead atoms. The number of nitrogens with zero attached hydrogens (tertiary/aromatic N) is 3. The highest BCUT2D eigenvalue weighted by molar-refractivity contribution is 6.39. The molecule has 0 unspecified atom stereocenters. The van der Waals surface area contributed by atoms with Gasteiger partial charge in [-0.05, 0) is 36.8 Å². The summed E-state index contributed by atoms with van der Waals surface area (Å²) in [5, 5.41) is 14.0. The van der Waals surface area contributed by atoms with Crippen molar-refractivity contribution in [2.24, 2.45) is 0 Å². The Morgan fingerprint density at radius 1 is 0.944 bits per heavy atom. The molecule has 1 fully saturated rings. The molecule has 9 heteroatoms. The highest BCUT2D eigenvalue weighted by atomic mass is 16.6. The van der Waals surface area contributed by atoms with Gasteiger partial charge in [0.1, 0.15) is 5.57 Å². The summed E-state index contributed by atoms with van der Waals surface area (Å²) in [5.74, 6) is -1.47. The summed E-state index contributed by atoms with van der Waals surface area (Å²) >= 11 is 0. The van der Waals surface area contributed by atoms with Gasteiger partial charge in [0.15, 0.2) is 0 Å². The van der Waals surface area contributed by atoms with E-state index in [1.807, 2.05) is 42.0 Å². The van der Waals surface area contributed by atoms with Crippen LogP contribution in [0.25, 0.3) is 17.0 Å². The van der Waals surface area contributed by atoms with Crippen LogP contribution in [-0.4, -0.2) is 27.3 Å². The van der Waals surface area contributed by atoms with Crippen LogP contribution in [0.4, 0.5) is 16.2 Å². The first-order valence-electron chi connectivity index (χ1n) is 11.1. The van der Waals surface area contributed by atoms with Crippen LogP contribution in [-0.2, 0) is 16.1 Å². The molecule has 1 N–H and O–H groups in total. The number of benzene rings is 3. The molecule has 0 aliphatic carbocycles. The molecule has 1 saturated heterocycles. The van der Waals surface area contributed by atoms with Crippen molar-refractivity contribution < 1.29 is 19.3 Å². The number of nitro benzene ring substituents is 1. The summed E-state index contributed by atoms with van der Waals surface area (Å²) in [5.41, 5.74) is 3.52. The minimum absolute atomic E-state index is 0.0102. The van der Waals surface area contributed by atoms with Gasteiger partial charge in [-0.3, -0.25) is 25.0 Å². The number of nitro groups is 1. The van der Waals surface area contributed by atoms with Crippen molar-refractivity contribution in [3.05, 3.63) is 111 Å². The number of non-ortho nitro benzene ring substituents is 1. The third-order valence-corrected chi connectivity index (χ3v) is 6.01. The highest BCUT2D eigenvalue weighted by Gasteiger charge is 2.37. The number of barbiturate groups is 1. The Bertz CT molecular complexity index is 1570. The molecule has 0 radical (unpaired) electrons. The molecule has 0 saturated carbocycles. The number of aryl methyl sites for hydroxylation is 1. The van der Waals surface area contributed by atoms with Crippen LogP contribution in [0.15, 0.2) is 84.6 Å². The fourth-order valence-electron chi connectivity index (χ4n) is 4.18. The lowest BCUT2D eigenvalue weighted by molar-refractivity contribution is -0.384. The van der Waals surface area contributed by atoms with Gasteiger partial charge in [0.2, 0.25) is 0 Å². The maximum absolute atomic E-state index is 13.3. The molecule has 4 amide bonds. The number of para-hydroxylation sites is 1. The predicted molar refractivity (Wildman–Crippen MR) is 134 cm³/mol. The number of aromatic nitrogens is 1. The molecule has 36 heavy (non-hydrogen) atoms. The zero-order valence-corrected chi connectivity index (χ0v) is 19.2. The average molecular weight is 480 g/mol. The molecule has 1 aliphatic rings. The lowest BCUT2D eigenvalue weighted by atomic mass is 10.1. The maximum atomic E-state index is 13.3. The van der Waals surface area contributed by atoms with E-state index in [4.69, 9.17) is 0 Å². The molecule has 4 aromatic rings. The van der Waals surface area contributed by atoms with Gasteiger partial charge < -0.3 is 4.57 Å². The lowest BCUT2D eigenvalue weighted by Crippen LogP contribution is -2.54. The number of amides is 4. The van der Waals surface area contributed by atoms with Gasteiger partial charge in [0, 0.05) is 41.3 Å². The zero-order valence-electron chi connectivity index (χ0n) is 19.2. The molecule has 3 aromatic carbocycles. The monoisotopic (exact) mass is 480 g/mol. The van der Waals surface area contributed by atoms with Crippen LogP contribution < -0.4 is 10.2 Å². The molecular weight excluding hydrogens is 460 g/mol. The summed E-state index contributed by atoms with van der Waals surface area (Å²) in [7, 11) is 0. The van der Waals surface area contributed by atoms with Crippen LogP contribution in [0.1, 0.15) is 16.7 Å². The number of carbonyl (C=O) groups excluding carboxylic acids is 3. The SMILES string of the molecule is Cc1ccc(N2C(=O)NC(=O)/C(=C\c3cn(Cc4ccc([N+](=O)[O-])cc4)c4ccccc34)C2=O)cc1. The van der Waals surface area contributed by atoms with E-state index < -0.39 is 22.8 Å². The summed E-state index contributed by atoms with van der Waals surface area (Å²) in [6.07, 6.45) is 3.30. The lowest BCUT2D eigenvalue weighted by Gasteiger charge is -2.26. The van der Waals surface area contributed by atoms with Gasteiger partial charge in [-0.2, -0.15) is 0 Å². The molecule has 0 spiro atoms. The number of nitrogens with one attached hydrogen (secondary N) is 1. The van der Waals surface area contributed by atoms with Crippen molar-refractivity contribution in [3.8, 4) is 0 Å². The third kappa shape index (κ3) is 4.14. The van der Waals surface area contributed by atoms with E-state index in [0.717, 1.165) is 26.9 Å². The molecule has 5 rings (SSSR count). The smallest absolute Gasteiger partial charge is 0.335 e. The average Bonchev–Trinajstić information content (AvgIpc) is 3.20. The largest absolute Gasteiger partial charge is 0.342 e. The number of hydrogen-bond donors (Lipinski definition) is 1. The zero-order chi connectivity index (χ0) is 25.4. The van der Waals surface area contributed by atoms with Crippen molar-refractivity contribution in [2.75, 3.05) is 4.90 Å². The van der Waals surface area contributed by atoms with Gasteiger partial charge in [-0.1, -0.05) is 48.0 Å². The first-order chi connectivity index (χ1) is 17.3.